The van der Waals surface area contributed by atoms with Gasteiger partial charge in [-0.15, -0.1) is 0 Å². The molecule has 4 heteroatoms. The van der Waals surface area contributed by atoms with Gasteiger partial charge in [-0.25, -0.2) is 0 Å². The third-order valence-electron chi connectivity index (χ3n) is 4.06. The Bertz CT molecular complexity index is 848. The van der Waals surface area contributed by atoms with E-state index in [9.17, 15) is 0 Å². The first-order chi connectivity index (χ1) is 12.7. The van der Waals surface area contributed by atoms with Crippen LogP contribution in [0.2, 0.25) is 0 Å². The Balaban J connectivity index is 1.71. The van der Waals surface area contributed by atoms with Crippen LogP contribution in [0.15, 0.2) is 66.7 Å². The van der Waals surface area contributed by atoms with E-state index in [4.69, 9.17) is 9.47 Å². The lowest BCUT2D eigenvalue weighted by molar-refractivity contribution is 0.282. The molecule has 26 heavy (non-hydrogen) atoms. The third kappa shape index (κ3) is 4.91. The minimum Gasteiger partial charge on any atom is -0.493 e. The van der Waals surface area contributed by atoms with Crippen molar-refractivity contribution in [2.24, 2.45) is 0 Å². The summed E-state index contributed by atoms with van der Waals surface area (Å²) in [4.78, 5) is 0. The number of nitrogens with one attached hydrogen (secondary N) is 1. The lowest BCUT2D eigenvalue weighted by Crippen LogP contribution is -2.03. The largest absolute Gasteiger partial charge is 0.493 e. The Kier molecular flexibility index (Phi) is 6.39. The fraction of sp³-hybridized carbons (Fsp3) is 0.182. The van der Waals surface area contributed by atoms with Crippen LogP contribution in [0, 0.1) is 10.5 Å². The fourth-order valence-electron chi connectivity index (χ4n) is 2.62. The zero-order chi connectivity index (χ0) is 18.4. The van der Waals surface area contributed by atoms with Gasteiger partial charge in [0, 0.05) is 12.2 Å². The number of aryl methyl sites for hydroxylation is 1. The molecule has 0 saturated heterocycles. The Hall–Kier alpha value is -2.21. The molecule has 3 aromatic rings. The number of methoxy groups -OCH3 is 1. The van der Waals surface area contributed by atoms with E-state index in [1.54, 1.807) is 7.11 Å². The van der Waals surface area contributed by atoms with Crippen molar-refractivity contribution >= 4 is 28.3 Å². The maximum atomic E-state index is 6.05. The van der Waals surface area contributed by atoms with Gasteiger partial charge in [0.1, 0.15) is 6.61 Å². The summed E-state index contributed by atoms with van der Waals surface area (Å²) in [6.45, 7) is 3.33. The number of ether oxygens (including phenoxy) is 2. The van der Waals surface area contributed by atoms with Crippen LogP contribution in [0.4, 0.5) is 5.69 Å². The number of halogens is 1. The Morgan fingerprint density at radius 3 is 2.35 bits per heavy atom. The first-order valence-electron chi connectivity index (χ1n) is 8.49. The van der Waals surface area contributed by atoms with E-state index in [-0.39, 0.29) is 0 Å². The molecule has 0 spiro atoms. The molecular weight excluding hydrogens is 437 g/mol. The number of rotatable bonds is 7. The first-order valence-corrected chi connectivity index (χ1v) is 9.57. The molecule has 3 aromatic carbocycles. The van der Waals surface area contributed by atoms with Crippen LogP contribution in [0.25, 0.3) is 0 Å². The van der Waals surface area contributed by atoms with E-state index in [1.807, 2.05) is 24.3 Å². The topological polar surface area (TPSA) is 30.5 Å². The normalized spacial score (nSPS) is 10.4. The van der Waals surface area contributed by atoms with Crippen molar-refractivity contribution in [1.29, 1.82) is 0 Å². The summed E-state index contributed by atoms with van der Waals surface area (Å²) < 4.78 is 12.7. The van der Waals surface area contributed by atoms with E-state index in [0.717, 1.165) is 38.4 Å². The van der Waals surface area contributed by atoms with Crippen molar-refractivity contribution in [3.8, 4) is 11.5 Å². The quantitative estimate of drug-likeness (QED) is 0.453. The van der Waals surface area contributed by atoms with Gasteiger partial charge in [-0.05, 0) is 64.9 Å². The summed E-state index contributed by atoms with van der Waals surface area (Å²) >= 11 is 2.30. The van der Waals surface area contributed by atoms with Crippen LogP contribution < -0.4 is 14.8 Å². The van der Waals surface area contributed by atoms with Gasteiger partial charge in [-0.1, -0.05) is 48.0 Å². The van der Waals surface area contributed by atoms with Crippen molar-refractivity contribution < 1.29 is 9.47 Å². The predicted molar refractivity (Wildman–Crippen MR) is 115 cm³/mol. The molecule has 0 aromatic heterocycles. The van der Waals surface area contributed by atoms with Gasteiger partial charge in [0.25, 0.3) is 0 Å². The Morgan fingerprint density at radius 2 is 1.65 bits per heavy atom. The molecular formula is C22H22INO2. The molecule has 0 aliphatic rings. The summed E-state index contributed by atoms with van der Waals surface area (Å²) in [7, 11) is 1.68. The van der Waals surface area contributed by atoms with Crippen molar-refractivity contribution in [3.05, 3.63) is 87.0 Å². The van der Waals surface area contributed by atoms with Gasteiger partial charge in [-0.2, -0.15) is 0 Å². The summed E-state index contributed by atoms with van der Waals surface area (Å²) in [6, 6.07) is 22.7. The molecule has 0 unspecified atom stereocenters. The smallest absolute Gasteiger partial charge is 0.174 e. The number of hydrogen-bond donors (Lipinski definition) is 1. The number of para-hydroxylation sites is 1. The van der Waals surface area contributed by atoms with E-state index in [1.165, 1.54) is 5.56 Å². The molecule has 0 saturated carbocycles. The minimum absolute atomic E-state index is 0.522. The zero-order valence-electron chi connectivity index (χ0n) is 15.0. The number of anilines is 1. The molecule has 0 atom stereocenters. The molecule has 1 N–H and O–H groups in total. The second-order valence-electron chi connectivity index (χ2n) is 6.10. The van der Waals surface area contributed by atoms with Gasteiger partial charge < -0.3 is 14.8 Å². The van der Waals surface area contributed by atoms with Crippen molar-refractivity contribution in [3.63, 3.8) is 0 Å². The van der Waals surface area contributed by atoms with E-state index < -0.39 is 0 Å². The second-order valence-corrected chi connectivity index (χ2v) is 7.27. The highest BCUT2D eigenvalue weighted by Crippen LogP contribution is 2.34. The van der Waals surface area contributed by atoms with E-state index in [2.05, 4.69) is 77.3 Å². The molecule has 0 bridgehead atoms. The van der Waals surface area contributed by atoms with Gasteiger partial charge in [0.15, 0.2) is 11.5 Å². The van der Waals surface area contributed by atoms with Crippen LogP contribution in [0.5, 0.6) is 11.5 Å². The molecule has 0 fully saturated rings. The maximum absolute atomic E-state index is 6.05. The number of hydrogen-bond acceptors (Lipinski definition) is 3. The Morgan fingerprint density at radius 1 is 0.923 bits per heavy atom. The minimum atomic E-state index is 0.522. The van der Waals surface area contributed by atoms with Gasteiger partial charge >= 0.3 is 0 Å². The highest BCUT2D eigenvalue weighted by atomic mass is 127. The SMILES string of the molecule is COc1cc(CNc2ccccc2)cc(I)c1OCc1ccc(C)cc1. The Labute approximate surface area is 168 Å². The molecule has 3 rings (SSSR count). The van der Waals surface area contributed by atoms with Gasteiger partial charge in [0.2, 0.25) is 0 Å². The maximum Gasteiger partial charge on any atom is 0.174 e. The van der Waals surface area contributed by atoms with Crippen LogP contribution in [-0.4, -0.2) is 7.11 Å². The van der Waals surface area contributed by atoms with Crippen molar-refractivity contribution in [1.82, 2.24) is 0 Å². The van der Waals surface area contributed by atoms with Gasteiger partial charge in [-0.3, -0.25) is 0 Å². The highest BCUT2D eigenvalue weighted by molar-refractivity contribution is 14.1. The first kappa shape index (κ1) is 18.6. The second kappa shape index (κ2) is 8.94. The third-order valence-corrected chi connectivity index (χ3v) is 4.86. The summed E-state index contributed by atoms with van der Waals surface area (Å²) in [5, 5.41) is 3.42. The average molecular weight is 459 g/mol. The van der Waals surface area contributed by atoms with Crippen LogP contribution in [0.3, 0.4) is 0 Å². The zero-order valence-corrected chi connectivity index (χ0v) is 17.1. The fourth-order valence-corrected chi connectivity index (χ4v) is 3.44. The molecule has 0 aliphatic carbocycles. The number of benzene rings is 3. The highest BCUT2D eigenvalue weighted by Gasteiger charge is 2.12. The molecule has 134 valence electrons. The van der Waals surface area contributed by atoms with Crippen molar-refractivity contribution in [2.75, 3.05) is 12.4 Å². The molecule has 3 nitrogen and oxygen atoms in total. The standard InChI is InChI=1S/C22H22INO2/c1-16-8-10-17(11-9-16)15-26-22-20(23)12-18(13-21(22)25-2)14-24-19-6-4-3-5-7-19/h3-13,24H,14-15H2,1-2H3. The summed E-state index contributed by atoms with van der Waals surface area (Å²) in [5.41, 5.74) is 4.64. The van der Waals surface area contributed by atoms with Crippen molar-refractivity contribution in [2.45, 2.75) is 20.1 Å². The molecule has 0 amide bonds. The van der Waals surface area contributed by atoms with E-state index >= 15 is 0 Å². The lowest BCUT2D eigenvalue weighted by atomic mass is 10.1. The average Bonchev–Trinajstić information content (AvgIpc) is 2.67. The van der Waals surface area contributed by atoms with Crippen LogP contribution in [0.1, 0.15) is 16.7 Å². The predicted octanol–water partition coefficient (Wildman–Crippen LogP) is 5.80. The summed E-state index contributed by atoms with van der Waals surface area (Å²) in [5.74, 6) is 1.55. The van der Waals surface area contributed by atoms with Gasteiger partial charge in [0.05, 0.1) is 10.7 Å². The van der Waals surface area contributed by atoms with E-state index in [0.29, 0.717) is 6.61 Å². The molecule has 0 aliphatic heterocycles. The summed E-state index contributed by atoms with van der Waals surface area (Å²) in [6.07, 6.45) is 0. The lowest BCUT2D eigenvalue weighted by Gasteiger charge is -2.15. The van der Waals surface area contributed by atoms with Crippen LogP contribution in [-0.2, 0) is 13.2 Å². The molecule has 0 radical (unpaired) electrons. The molecule has 0 heterocycles. The van der Waals surface area contributed by atoms with Crippen LogP contribution >= 0.6 is 22.6 Å². The monoisotopic (exact) mass is 459 g/mol.